The van der Waals surface area contributed by atoms with E-state index in [2.05, 4.69) is 19.9 Å². The molecule has 0 unspecified atom stereocenters. The number of nitrogens with two attached hydrogens (primary N) is 2. The molecule has 13 heteroatoms. The Bertz CT molecular complexity index is 1430. The molecule has 2 aliphatic heterocycles. The summed E-state index contributed by atoms with van der Waals surface area (Å²) in [4.78, 5) is 29.8. The van der Waals surface area contributed by atoms with Gasteiger partial charge in [0.05, 0.1) is 24.4 Å². The zero-order valence-electron chi connectivity index (χ0n) is 20.0. The van der Waals surface area contributed by atoms with Crippen molar-refractivity contribution >= 4 is 50.0 Å². The number of aromatic nitrogens is 4. The molecule has 192 valence electrons. The Morgan fingerprint density at radius 3 is 2.61 bits per heavy atom. The highest BCUT2D eigenvalue weighted by Gasteiger charge is 2.45. The fourth-order valence-electron chi connectivity index (χ4n) is 5.14. The lowest BCUT2D eigenvalue weighted by Crippen LogP contribution is -2.59. The van der Waals surface area contributed by atoms with E-state index in [-0.39, 0.29) is 30.5 Å². The molecule has 3 aromatic rings. The van der Waals surface area contributed by atoms with Crippen LogP contribution in [0.5, 0.6) is 0 Å². The number of rotatable bonds is 5. The molecule has 2 fully saturated rings. The lowest BCUT2D eigenvalue weighted by Gasteiger charge is -2.34. The van der Waals surface area contributed by atoms with Gasteiger partial charge in [0.15, 0.2) is 21.3 Å². The number of anilines is 2. The molecule has 36 heavy (non-hydrogen) atoms. The summed E-state index contributed by atoms with van der Waals surface area (Å²) in [6, 6.07) is 3.84. The molecule has 0 aliphatic carbocycles. The molecule has 5 rings (SSSR count). The Kier molecular flexibility index (Phi) is 6.29. The number of carbonyl (C=O) groups is 1. The number of nitrogen functional groups attached to an aromatic ring is 1. The first-order valence-corrected chi connectivity index (χ1v) is 14.1. The Labute approximate surface area is 214 Å². The predicted molar refractivity (Wildman–Crippen MR) is 139 cm³/mol. The van der Waals surface area contributed by atoms with E-state index in [0.717, 1.165) is 16.8 Å². The summed E-state index contributed by atoms with van der Waals surface area (Å²) in [5.74, 6) is 0.0791. The summed E-state index contributed by atoms with van der Waals surface area (Å²) in [5.41, 5.74) is 15.6. The van der Waals surface area contributed by atoms with Gasteiger partial charge in [-0.05, 0) is 36.1 Å². The van der Waals surface area contributed by atoms with Crippen LogP contribution in [0.3, 0.4) is 0 Å². The van der Waals surface area contributed by atoms with Crippen molar-refractivity contribution in [3.8, 4) is 0 Å². The minimum absolute atomic E-state index is 0.0212. The van der Waals surface area contributed by atoms with Gasteiger partial charge < -0.3 is 25.8 Å². The number of halogens is 1. The lowest BCUT2D eigenvalue weighted by molar-refractivity contribution is -0.135. The minimum Gasteiger partial charge on any atom is -0.382 e. The molecule has 0 saturated carbocycles. The van der Waals surface area contributed by atoms with Crippen molar-refractivity contribution in [1.82, 2.24) is 24.4 Å². The third-order valence-corrected chi connectivity index (χ3v) is 9.12. The molecular weight excluding hydrogens is 504 g/mol. The van der Waals surface area contributed by atoms with Crippen LogP contribution in [-0.2, 0) is 27.6 Å². The van der Waals surface area contributed by atoms with Gasteiger partial charge >= 0.3 is 0 Å². The van der Waals surface area contributed by atoms with Crippen LogP contribution in [0.25, 0.3) is 11.2 Å². The number of benzene rings is 1. The van der Waals surface area contributed by atoms with E-state index in [0.29, 0.717) is 54.5 Å². The Morgan fingerprint density at radius 2 is 1.89 bits per heavy atom. The number of hydrogen-bond acceptors (Lipinski definition) is 9. The number of hydrogen-bond donors (Lipinski definition) is 2. The Balaban J connectivity index is 1.45. The number of nitrogens with zero attached hydrogens (tertiary/aromatic N) is 6. The summed E-state index contributed by atoms with van der Waals surface area (Å²) in [6.45, 7) is 3.79. The second-order valence-electron chi connectivity index (χ2n) is 9.45. The molecule has 0 radical (unpaired) electrons. The quantitative estimate of drug-likeness (QED) is 0.486. The molecule has 4 N–H and O–H groups in total. The van der Waals surface area contributed by atoms with Crippen LogP contribution in [0.15, 0.2) is 24.8 Å². The normalized spacial score (nSPS) is 21.9. The van der Waals surface area contributed by atoms with Crippen molar-refractivity contribution in [3.63, 3.8) is 0 Å². The van der Waals surface area contributed by atoms with Crippen LogP contribution in [0, 0.1) is 0 Å². The topological polar surface area (TPSA) is 153 Å². The van der Waals surface area contributed by atoms with Crippen molar-refractivity contribution in [2.45, 2.75) is 31.8 Å². The largest absolute Gasteiger partial charge is 0.382 e. The molecule has 2 saturated heterocycles. The summed E-state index contributed by atoms with van der Waals surface area (Å²) < 4.78 is 25.5. The van der Waals surface area contributed by atoms with Gasteiger partial charge in [-0.3, -0.25) is 4.79 Å². The first-order valence-electron chi connectivity index (χ1n) is 11.9. The van der Waals surface area contributed by atoms with E-state index in [4.69, 9.17) is 23.1 Å². The zero-order valence-corrected chi connectivity index (χ0v) is 21.6. The van der Waals surface area contributed by atoms with Gasteiger partial charge in [0, 0.05) is 36.9 Å². The summed E-state index contributed by atoms with van der Waals surface area (Å²) in [7, 11) is -3.09. The lowest BCUT2D eigenvalue weighted by atomic mass is 9.97. The fraction of sp³-hybridized carbons (Fsp3) is 0.478. The minimum atomic E-state index is -3.09. The molecule has 0 bridgehead atoms. The summed E-state index contributed by atoms with van der Waals surface area (Å²) in [5, 5.41) is 0.665. The van der Waals surface area contributed by atoms with E-state index in [9.17, 15) is 13.2 Å². The molecule has 1 aromatic carbocycles. The highest BCUT2D eigenvalue weighted by Crippen LogP contribution is 2.35. The molecular formula is C23H29ClN8O3S. The highest BCUT2D eigenvalue weighted by molar-refractivity contribution is 7.91. The van der Waals surface area contributed by atoms with Gasteiger partial charge in [-0.15, -0.1) is 0 Å². The second kappa shape index (κ2) is 9.16. The Hall–Kier alpha value is -2.96. The monoisotopic (exact) mass is 532 g/mol. The van der Waals surface area contributed by atoms with E-state index >= 15 is 0 Å². The standard InChI is InChI=1S/C23H29ClN8O3S/c1-2-15-16(11-32-14-29-19-20(25)27-13-28-21(19)32)18(4-3-17(15)24)31-6-5-23(26,12-31)22(33)30-7-9-36(34,35)10-8-30/h3-4,13-14H,2,5-12,26H2,1H3,(H2,25,27,28)/t23-/m1/s1. The number of imidazole rings is 1. The molecule has 1 atom stereocenters. The smallest absolute Gasteiger partial charge is 0.244 e. The van der Waals surface area contributed by atoms with Crippen molar-refractivity contribution in [2.75, 3.05) is 48.3 Å². The van der Waals surface area contributed by atoms with E-state index < -0.39 is 15.4 Å². The van der Waals surface area contributed by atoms with Crippen molar-refractivity contribution in [3.05, 3.63) is 40.9 Å². The molecule has 4 heterocycles. The van der Waals surface area contributed by atoms with Gasteiger partial charge in [0.1, 0.15) is 17.4 Å². The molecule has 2 aliphatic rings. The molecule has 11 nitrogen and oxygen atoms in total. The van der Waals surface area contributed by atoms with Crippen LogP contribution in [0.1, 0.15) is 24.5 Å². The number of fused-ring (bicyclic) bond motifs is 1. The van der Waals surface area contributed by atoms with Gasteiger partial charge in [0.25, 0.3) is 0 Å². The van der Waals surface area contributed by atoms with Gasteiger partial charge in [0.2, 0.25) is 5.91 Å². The molecule has 1 amide bonds. The maximum Gasteiger partial charge on any atom is 0.244 e. The van der Waals surface area contributed by atoms with Crippen LogP contribution < -0.4 is 16.4 Å². The van der Waals surface area contributed by atoms with Crippen LogP contribution in [0.2, 0.25) is 5.02 Å². The summed E-state index contributed by atoms with van der Waals surface area (Å²) in [6.07, 6.45) is 4.28. The van der Waals surface area contributed by atoms with Crippen LogP contribution in [0.4, 0.5) is 11.5 Å². The number of sulfone groups is 1. The third-order valence-electron chi connectivity index (χ3n) is 7.16. The SMILES string of the molecule is CCc1c(Cl)ccc(N2CC[C@](N)(C(=O)N3CCS(=O)(=O)CC3)C2)c1Cn1cnc2c(N)ncnc21. The average molecular weight is 533 g/mol. The van der Waals surface area contributed by atoms with E-state index in [1.807, 2.05) is 23.6 Å². The van der Waals surface area contributed by atoms with Gasteiger partial charge in [-0.1, -0.05) is 18.5 Å². The highest BCUT2D eigenvalue weighted by atomic mass is 35.5. The maximum absolute atomic E-state index is 13.3. The second-order valence-corrected chi connectivity index (χ2v) is 12.2. The average Bonchev–Trinajstić information content (AvgIpc) is 3.44. The predicted octanol–water partition coefficient (Wildman–Crippen LogP) is 0.837. The number of amides is 1. The first kappa shape index (κ1) is 24.7. The molecule has 0 spiro atoms. The van der Waals surface area contributed by atoms with E-state index in [1.54, 1.807) is 11.2 Å². The van der Waals surface area contributed by atoms with Crippen LogP contribution >= 0.6 is 11.6 Å². The third kappa shape index (κ3) is 4.37. The van der Waals surface area contributed by atoms with Gasteiger partial charge in [-0.25, -0.2) is 23.4 Å². The zero-order chi connectivity index (χ0) is 25.7. The fourth-order valence-corrected chi connectivity index (χ4v) is 6.65. The van der Waals surface area contributed by atoms with E-state index in [1.165, 1.54) is 6.33 Å². The van der Waals surface area contributed by atoms with Crippen LogP contribution in [-0.4, -0.2) is 82.0 Å². The molecule has 2 aromatic heterocycles. The number of carbonyl (C=O) groups excluding carboxylic acids is 1. The first-order chi connectivity index (χ1) is 17.1. The van der Waals surface area contributed by atoms with Crippen molar-refractivity contribution in [1.29, 1.82) is 0 Å². The Morgan fingerprint density at radius 1 is 1.14 bits per heavy atom. The summed E-state index contributed by atoms with van der Waals surface area (Å²) >= 11 is 6.60. The maximum atomic E-state index is 13.3. The van der Waals surface area contributed by atoms with Crippen molar-refractivity contribution < 1.29 is 13.2 Å². The van der Waals surface area contributed by atoms with Gasteiger partial charge in [-0.2, -0.15) is 0 Å². The van der Waals surface area contributed by atoms with Crippen molar-refractivity contribution in [2.24, 2.45) is 5.73 Å².